The lowest BCUT2D eigenvalue weighted by Gasteiger charge is -2.32. The first kappa shape index (κ1) is 12.3. The summed E-state index contributed by atoms with van der Waals surface area (Å²) in [6.45, 7) is 3.51. The van der Waals surface area contributed by atoms with Crippen LogP contribution >= 0.6 is 0 Å². The van der Waals surface area contributed by atoms with Gasteiger partial charge in [-0.25, -0.2) is 4.98 Å². The number of amides is 2. The van der Waals surface area contributed by atoms with Gasteiger partial charge in [0.1, 0.15) is 11.4 Å². The highest BCUT2D eigenvalue weighted by atomic mass is 16.2. The molecule has 1 aromatic heterocycles. The van der Waals surface area contributed by atoms with Gasteiger partial charge in [-0.15, -0.1) is 0 Å². The number of H-pyrrole nitrogens is 1. The Morgan fingerprint density at radius 2 is 2.06 bits per heavy atom. The van der Waals surface area contributed by atoms with E-state index in [1.807, 2.05) is 0 Å². The Balaban J connectivity index is 2.12. The van der Waals surface area contributed by atoms with Crippen molar-refractivity contribution in [2.75, 3.05) is 26.2 Å². The van der Waals surface area contributed by atoms with Gasteiger partial charge >= 0.3 is 0 Å². The Kier molecular flexibility index (Phi) is 3.40. The highest BCUT2D eigenvalue weighted by molar-refractivity contribution is 5.93. The van der Waals surface area contributed by atoms with Crippen molar-refractivity contribution in [3.05, 3.63) is 27.9 Å². The molecule has 0 spiro atoms. The molecule has 1 fully saturated rings. The van der Waals surface area contributed by atoms with E-state index in [4.69, 9.17) is 0 Å². The first-order chi connectivity index (χ1) is 8.61. The average Bonchev–Trinajstić information content (AvgIpc) is 2.38. The summed E-state index contributed by atoms with van der Waals surface area (Å²) in [7, 11) is 0. The Morgan fingerprint density at radius 1 is 1.39 bits per heavy atom. The molecule has 1 saturated heterocycles. The van der Waals surface area contributed by atoms with Crippen LogP contribution < -0.4 is 5.56 Å². The molecule has 2 rings (SSSR count). The number of piperazine rings is 1. The predicted molar refractivity (Wildman–Crippen MR) is 63.1 cm³/mol. The number of aromatic amines is 1. The first-order valence-electron chi connectivity index (χ1n) is 5.66. The Bertz CT molecular complexity index is 517. The third-order valence-corrected chi connectivity index (χ3v) is 2.91. The predicted octanol–water partition coefficient (Wildman–Crippen LogP) is -1.01. The monoisotopic (exact) mass is 250 g/mol. The fraction of sp³-hybridized carbons (Fsp3) is 0.455. The van der Waals surface area contributed by atoms with Gasteiger partial charge in [-0.1, -0.05) is 0 Å². The molecule has 96 valence electrons. The lowest BCUT2D eigenvalue weighted by Crippen LogP contribution is -2.49. The van der Waals surface area contributed by atoms with Crippen molar-refractivity contribution in [1.29, 1.82) is 0 Å². The molecule has 0 atom stereocenters. The number of nitrogens with one attached hydrogen (secondary N) is 1. The van der Waals surface area contributed by atoms with Crippen LogP contribution in [-0.4, -0.2) is 58.3 Å². The third kappa shape index (κ3) is 2.39. The summed E-state index contributed by atoms with van der Waals surface area (Å²) in [6, 6.07) is 0. The summed E-state index contributed by atoms with van der Waals surface area (Å²) in [5.74, 6) is 0.136. The standard InChI is InChI=1S/C11H14N4O3/c1-8-12-6-9(10(17)13-8)11(18)15-4-2-14(7-16)3-5-15/h6-7H,2-5H2,1H3,(H,12,13,17). The van der Waals surface area contributed by atoms with E-state index in [9.17, 15) is 14.4 Å². The molecule has 0 aliphatic carbocycles. The van der Waals surface area contributed by atoms with Crippen molar-refractivity contribution < 1.29 is 9.59 Å². The third-order valence-electron chi connectivity index (χ3n) is 2.91. The largest absolute Gasteiger partial charge is 0.342 e. The van der Waals surface area contributed by atoms with E-state index in [1.165, 1.54) is 6.20 Å². The van der Waals surface area contributed by atoms with Crippen LogP contribution in [0.2, 0.25) is 0 Å². The minimum atomic E-state index is -0.426. The van der Waals surface area contributed by atoms with E-state index in [-0.39, 0.29) is 11.5 Å². The lowest BCUT2D eigenvalue weighted by molar-refractivity contribution is -0.119. The van der Waals surface area contributed by atoms with E-state index in [0.29, 0.717) is 32.0 Å². The van der Waals surface area contributed by atoms with Crippen LogP contribution in [-0.2, 0) is 4.79 Å². The number of carbonyl (C=O) groups excluding carboxylic acids is 2. The van der Waals surface area contributed by atoms with Crippen molar-refractivity contribution in [2.24, 2.45) is 0 Å². The molecule has 0 radical (unpaired) electrons. The Labute approximate surface area is 103 Å². The van der Waals surface area contributed by atoms with E-state index in [0.717, 1.165) is 6.41 Å². The molecule has 0 aromatic carbocycles. The molecule has 18 heavy (non-hydrogen) atoms. The van der Waals surface area contributed by atoms with Crippen molar-refractivity contribution in [1.82, 2.24) is 19.8 Å². The summed E-state index contributed by atoms with van der Waals surface area (Å²) in [5.41, 5.74) is -0.384. The number of carbonyl (C=O) groups is 2. The molecule has 2 amide bonds. The number of hydrogen-bond donors (Lipinski definition) is 1. The second-order valence-corrected chi connectivity index (χ2v) is 4.14. The first-order valence-corrected chi connectivity index (χ1v) is 5.66. The molecular formula is C11H14N4O3. The van der Waals surface area contributed by atoms with Crippen LogP contribution in [0.4, 0.5) is 0 Å². The molecule has 1 aliphatic heterocycles. The van der Waals surface area contributed by atoms with Crippen LogP contribution in [0.1, 0.15) is 16.2 Å². The summed E-state index contributed by atoms with van der Waals surface area (Å²) in [5, 5.41) is 0. The SMILES string of the molecule is Cc1ncc(C(=O)N2CCN(C=O)CC2)c(=O)[nH]1. The summed E-state index contributed by atoms with van der Waals surface area (Å²) >= 11 is 0. The molecule has 1 N–H and O–H groups in total. The number of aryl methyl sites for hydroxylation is 1. The van der Waals surface area contributed by atoms with Gasteiger partial charge in [0.25, 0.3) is 11.5 Å². The van der Waals surface area contributed by atoms with Crippen LogP contribution in [0.5, 0.6) is 0 Å². The van der Waals surface area contributed by atoms with Gasteiger partial charge in [-0.2, -0.15) is 0 Å². The fourth-order valence-corrected chi connectivity index (χ4v) is 1.84. The maximum absolute atomic E-state index is 12.1. The molecule has 7 nitrogen and oxygen atoms in total. The fourth-order valence-electron chi connectivity index (χ4n) is 1.84. The molecule has 0 unspecified atom stereocenters. The van der Waals surface area contributed by atoms with Gasteiger partial charge in [0.2, 0.25) is 6.41 Å². The summed E-state index contributed by atoms with van der Waals surface area (Å²) in [4.78, 5) is 43.8. The Hall–Kier alpha value is -2.18. The van der Waals surface area contributed by atoms with Crippen molar-refractivity contribution >= 4 is 12.3 Å². The molecule has 7 heteroatoms. The molecular weight excluding hydrogens is 236 g/mol. The second kappa shape index (κ2) is 4.99. The zero-order valence-electron chi connectivity index (χ0n) is 10.0. The van der Waals surface area contributed by atoms with Crippen LogP contribution in [0.25, 0.3) is 0 Å². The maximum Gasteiger partial charge on any atom is 0.263 e. The van der Waals surface area contributed by atoms with Gasteiger partial charge in [0, 0.05) is 32.4 Å². The van der Waals surface area contributed by atoms with Gasteiger partial charge < -0.3 is 14.8 Å². The van der Waals surface area contributed by atoms with E-state index in [1.54, 1.807) is 16.7 Å². The number of aromatic nitrogens is 2. The molecule has 0 saturated carbocycles. The summed E-state index contributed by atoms with van der Waals surface area (Å²) < 4.78 is 0. The minimum Gasteiger partial charge on any atom is -0.342 e. The topological polar surface area (TPSA) is 86.4 Å². The molecule has 0 bridgehead atoms. The molecule has 1 aliphatic rings. The number of hydrogen-bond acceptors (Lipinski definition) is 4. The van der Waals surface area contributed by atoms with Crippen LogP contribution in [0.15, 0.2) is 11.0 Å². The maximum atomic E-state index is 12.1. The smallest absolute Gasteiger partial charge is 0.263 e. The van der Waals surface area contributed by atoms with Gasteiger partial charge in [0.15, 0.2) is 0 Å². The van der Waals surface area contributed by atoms with Gasteiger partial charge in [-0.3, -0.25) is 14.4 Å². The van der Waals surface area contributed by atoms with Gasteiger partial charge in [0.05, 0.1) is 0 Å². The lowest BCUT2D eigenvalue weighted by atomic mass is 10.2. The second-order valence-electron chi connectivity index (χ2n) is 4.14. The highest BCUT2D eigenvalue weighted by Crippen LogP contribution is 2.04. The zero-order valence-corrected chi connectivity index (χ0v) is 10.0. The van der Waals surface area contributed by atoms with E-state index < -0.39 is 5.56 Å². The molecule has 1 aromatic rings. The van der Waals surface area contributed by atoms with Gasteiger partial charge in [-0.05, 0) is 6.92 Å². The minimum absolute atomic E-state index is 0.0418. The van der Waals surface area contributed by atoms with Crippen molar-refractivity contribution in [2.45, 2.75) is 6.92 Å². The van der Waals surface area contributed by atoms with Crippen molar-refractivity contribution in [3.63, 3.8) is 0 Å². The highest BCUT2D eigenvalue weighted by Gasteiger charge is 2.23. The normalized spacial score (nSPS) is 15.6. The van der Waals surface area contributed by atoms with Crippen LogP contribution in [0, 0.1) is 6.92 Å². The van der Waals surface area contributed by atoms with E-state index in [2.05, 4.69) is 9.97 Å². The number of nitrogens with zero attached hydrogens (tertiary/aromatic N) is 3. The Morgan fingerprint density at radius 3 is 2.61 bits per heavy atom. The molecule has 2 heterocycles. The average molecular weight is 250 g/mol. The number of rotatable bonds is 2. The quantitative estimate of drug-likeness (QED) is 0.682. The van der Waals surface area contributed by atoms with Crippen molar-refractivity contribution in [3.8, 4) is 0 Å². The van der Waals surface area contributed by atoms with E-state index >= 15 is 0 Å². The summed E-state index contributed by atoms with van der Waals surface area (Å²) in [6.07, 6.45) is 2.06. The van der Waals surface area contributed by atoms with Crippen LogP contribution in [0.3, 0.4) is 0 Å². The zero-order chi connectivity index (χ0) is 13.1.